The first-order valence-electron chi connectivity index (χ1n) is 7.73. The predicted molar refractivity (Wildman–Crippen MR) is 96.6 cm³/mol. The first-order valence-corrected chi connectivity index (χ1v) is 7.73. The number of para-hydroxylation sites is 1. The van der Waals surface area contributed by atoms with Gasteiger partial charge in [-0.05, 0) is 37.3 Å². The number of carboxylic acid groups (broad SMARTS) is 1. The molecule has 0 saturated heterocycles. The van der Waals surface area contributed by atoms with Gasteiger partial charge in [0, 0.05) is 5.56 Å². The molecule has 7 heteroatoms. The molecule has 1 amide bonds. The number of carbonyl (C=O) groups excluding carboxylic acids is 1. The van der Waals surface area contributed by atoms with Gasteiger partial charge in [0.25, 0.3) is 5.91 Å². The Kier molecular flexibility index (Phi) is 4.45. The fourth-order valence-corrected chi connectivity index (χ4v) is 2.61. The van der Waals surface area contributed by atoms with Crippen LogP contribution in [0.4, 0.5) is 5.69 Å². The number of carboxylic acids is 1. The third kappa shape index (κ3) is 3.02. The summed E-state index contributed by atoms with van der Waals surface area (Å²) in [5, 5.41) is 24.7. The molecule has 2 N–H and O–H groups in total. The lowest BCUT2D eigenvalue weighted by molar-refractivity contribution is -0.114. The average Bonchev–Trinajstić information content (AvgIpc) is 2.91. The van der Waals surface area contributed by atoms with Crippen molar-refractivity contribution < 1.29 is 24.5 Å². The molecule has 7 nitrogen and oxygen atoms in total. The van der Waals surface area contributed by atoms with Crippen molar-refractivity contribution in [2.24, 2.45) is 5.10 Å². The van der Waals surface area contributed by atoms with Crippen LogP contribution < -0.4 is 9.75 Å². The standard InChI is InChI=1S/C19H16N2O5/c1-11-15(10-12-5-4-8-16(26-2)17(12)22)18(23)21(20-11)14-7-3-6-13(9-14)19(24)25/h3-10,22H,1-2H3,(H,24,25)/b15-10-. The molecule has 0 atom stereocenters. The van der Waals surface area contributed by atoms with Crippen molar-refractivity contribution >= 4 is 29.4 Å². The first kappa shape index (κ1) is 17.2. The first-order chi connectivity index (χ1) is 12.4. The highest BCUT2D eigenvalue weighted by molar-refractivity contribution is 6.32. The Labute approximate surface area is 149 Å². The summed E-state index contributed by atoms with van der Waals surface area (Å²) >= 11 is 0. The Bertz CT molecular complexity index is 962. The number of phenolic OH excluding ortho intramolecular Hbond substituents is 1. The molecule has 0 fully saturated rings. The number of aromatic carboxylic acids is 1. The molecular weight excluding hydrogens is 336 g/mol. The van der Waals surface area contributed by atoms with Gasteiger partial charge in [0.2, 0.25) is 0 Å². The summed E-state index contributed by atoms with van der Waals surface area (Å²) in [7, 11) is 1.44. The number of amides is 1. The zero-order chi connectivity index (χ0) is 18.8. The number of hydrogen-bond donors (Lipinski definition) is 2. The van der Waals surface area contributed by atoms with Crippen LogP contribution in [-0.2, 0) is 4.79 Å². The van der Waals surface area contributed by atoms with Crippen LogP contribution in [0.1, 0.15) is 22.8 Å². The predicted octanol–water partition coefficient (Wildman–Crippen LogP) is 2.91. The van der Waals surface area contributed by atoms with E-state index in [0.717, 1.165) is 5.01 Å². The zero-order valence-corrected chi connectivity index (χ0v) is 14.1. The monoisotopic (exact) mass is 352 g/mol. The Morgan fingerprint density at radius 1 is 1.23 bits per heavy atom. The highest BCUT2D eigenvalue weighted by atomic mass is 16.5. The second-order valence-electron chi connectivity index (χ2n) is 5.61. The van der Waals surface area contributed by atoms with E-state index in [2.05, 4.69) is 5.10 Å². The van der Waals surface area contributed by atoms with Crippen molar-refractivity contribution in [2.75, 3.05) is 12.1 Å². The number of ether oxygens (including phenoxy) is 1. The molecule has 132 valence electrons. The highest BCUT2D eigenvalue weighted by Crippen LogP contribution is 2.32. The number of hydrazone groups is 1. The van der Waals surface area contributed by atoms with E-state index in [1.54, 1.807) is 37.3 Å². The minimum atomic E-state index is -1.09. The van der Waals surface area contributed by atoms with Crippen molar-refractivity contribution in [3.05, 3.63) is 59.2 Å². The number of phenols is 1. The van der Waals surface area contributed by atoms with E-state index in [1.807, 2.05) is 0 Å². The summed E-state index contributed by atoms with van der Waals surface area (Å²) in [6.45, 7) is 1.67. The summed E-state index contributed by atoms with van der Waals surface area (Å²) < 4.78 is 5.07. The van der Waals surface area contributed by atoms with Gasteiger partial charge in [0.15, 0.2) is 11.5 Å². The van der Waals surface area contributed by atoms with Gasteiger partial charge in [0.1, 0.15) is 0 Å². The van der Waals surface area contributed by atoms with Crippen LogP contribution in [0.15, 0.2) is 53.1 Å². The number of nitrogens with zero attached hydrogens (tertiary/aromatic N) is 2. The van der Waals surface area contributed by atoms with E-state index < -0.39 is 11.9 Å². The average molecular weight is 352 g/mol. The molecule has 26 heavy (non-hydrogen) atoms. The van der Waals surface area contributed by atoms with Gasteiger partial charge in [-0.1, -0.05) is 18.2 Å². The van der Waals surface area contributed by atoms with E-state index in [4.69, 9.17) is 9.84 Å². The van der Waals surface area contributed by atoms with E-state index in [1.165, 1.54) is 25.3 Å². The van der Waals surface area contributed by atoms with Gasteiger partial charge in [-0.15, -0.1) is 0 Å². The lowest BCUT2D eigenvalue weighted by Crippen LogP contribution is -2.21. The van der Waals surface area contributed by atoms with Crippen molar-refractivity contribution in [3.8, 4) is 11.5 Å². The number of anilines is 1. The third-order valence-corrected chi connectivity index (χ3v) is 3.95. The number of rotatable bonds is 4. The van der Waals surface area contributed by atoms with Crippen LogP contribution in [0.2, 0.25) is 0 Å². The van der Waals surface area contributed by atoms with E-state index in [0.29, 0.717) is 28.3 Å². The molecule has 0 unspecified atom stereocenters. The molecule has 2 aromatic rings. The van der Waals surface area contributed by atoms with Gasteiger partial charge in [-0.25, -0.2) is 4.79 Å². The molecule has 0 spiro atoms. The van der Waals surface area contributed by atoms with E-state index >= 15 is 0 Å². The fraction of sp³-hybridized carbons (Fsp3) is 0.105. The lowest BCUT2D eigenvalue weighted by atomic mass is 10.1. The van der Waals surface area contributed by atoms with Crippen molar-refractivity contribution in [3.63, 3.8) is 0 Å². The summed E-state index contributed by atoms with van der Waals surface area (Å²) in [6, 6.07) is 10.9. The maximum absolute atomic E-state index is 12.8. The Hall–Kier alpha value is -3.61. The van der Waals surface area contributed by atoms with Gasteiger partial charge in [-0.2, -0.15) is 10.1 Å². The maximum atomic E-state index is 12.8. The molecule has 3 rings (SSSR count). The number of benzene rings is 2. The molecule has 0 saturated carbocycles. The zero-order valence-electron chi connectivity index (χ0n) is 14.1. The van der Waals surface area contributed by atoms with Crippen molar-refractivity contribution in [1.29, 1.82) is 0 Å². The number of aromatic hydroxyl groups is 1. The van der Waals surface area contributed by atoms with Crippen LogP contribution in [0.25, 0.3) is 6.08 Å². The second kappa shape index (κ2) is 6.72. The summed E-state index contributed by atoms with van der Waals surface area (Å²) in [5.41, 5.74) is 1.59. The summed E-state index contributed by atoms with van der Waals surface area (Å²) in [4.78, 5) is 23.9. The Morgan fingerprint density at radius 3 is 2.65 bits per heavy atom. The summed E-state index contributed by atoms with van der Waals surface area (Å²) in [6.07, 6.45) is 1.53. The van der Waals surface area contributed by atoms with Crippen LogP contribution in [0.3, 0.4) is 0 Å². The van der Waals surface area contributed by atoms with Crippen LogP contribution in [0, 0.1) is 0 Å². The molecule has 0 aliphatic carbocycles. The topological polar surface area (TPSA) is 99.4 Å². The molecule has 0 aromatic heterocycles. The Balaban J connectivity index is 1.99. The van der Waals surface area contributed by atoms with Gasteiger partial charge < -0.3 is 14.9 Å². The quantitative estimate of drug-likeness (QED) is 0.824. The highest BCUT2D eigenvalue weighted by Gasteiger charge is 2.29. The number of hydrogen-bond acceptors (Lipinski definition) is 5. The van der Waals surface area contributed by atoms with Gasteiger partial charge in [0.05, 0.1) is 29.6 Å². The summed E-state index contributed by atoms with van der Waals surface area (Å²) in [5.74, 6) is -1.27. The second-order valence-corrected chi connectivity index (χ2v) is 5.61. The van der Waals surface area contributed by atoms with E-state index in [-0.39, 0.29) is 11.3 Å². The largest absolute Gasteiger partial charge is 0.504 e. The van der Waals surface area contributed by atoms with Crippen LogP contribution >= 0.6 is 0 Å². The van der Waals surface area contributed by atoms with Crippen molar-refractivity contribution in [1.82, 2.24) is 0 Å². The maximum Gasteiger partial charge on any atom is 0.335 e. The van der Waals surface area contributed by atoms with Gasteiger partial charge >= 0.3 is 5.97 Å². The minimum Gasteiger partial charge on any atom is -0.504 e. The van der Waals surface area contributed by atoms with Gasteiger partial charge in [-0.3, -0.25) is 4.79 Å². The molecular formula is C19H16N2O5. The fourth-order valence-electron chi connectivity index (χ4n) is 2.61. The molecule has 1 aliphatic rings. The molecule has 0 radical (unpaired) electrons. The van der Waals surface area contributed by atoms with Crippen LogP contribution in [-0.4, -0.2) is 34.9 Å². The SMILES string of the molecule is COc1cccc(/C=C2\C(=O)N(c3cccc(C(=O)O)c3)N=C2C)c1O. The molecule has 0 bridgehead atoms. The van der Waals surface area contributed by atoms with E-state index in [9.17, 15) is 14.7 Å². The Morgan fingerprint density at radius 2 is 1.96 bits per heavy atom. The number of carbonyl (C=O) groups is 2. The number of methoxy groups -OCH3 is 1. The van der Waals surface area contributed by atoms with Crippen LogP contribution in [0.5, 0.6) is 11.5 Å². The van der Waals surface area contributed by atoms with Crippen molar-refractivity contribution in [2.45, 2.75) is 6.92 Å². The smallest absolute Gasteiger partial charge is 0.335 e. The molecule has 1 aliphatic heterocycles. The molecule has 2 aromatic carbocycles. The normalized spacial score (nSPS) is 15.3. The molecule has 1 heterocycles. The minimum absolute atomic E-state index is 0.0611. The third-order valence-electron chi connectivity index (χ3n) is 3.95. The lowest BCUT2D eigenvalue weighted by Gasteiger charge is -2.12.